The van der Waals surface area contributed by atoms with Crippen LogP contribution in [-0.4, -0.2) is 24.1 Å². The van der Waals surface area contributed by atoms with Gasteiger partial charge in [-0.25, -0.2) is 0 Å². The fourth-order valence-electron chi connectivity index (χ4n) is 9.44. The van der Waals surface area contributed by atoms with E-state index in [4.69, 9.17) is 4.98 Å². The Kier molecular flexibility index (Phi) is 13.3. The number of rotatable bonds is 12. The zero-order chi connectivity index (χ0) is 46.7. The summed E-state index contributed by atoms with van der Waals surface area (Å²) in [7, 11) is 4.02. The summed E-state index contributed by atoms with van der Waals surface area (Å²) in [5.74, 6) is 1.78. The van der Waals surface area contributed by atoms with E-state index in [0.29, 0.717) is 0 Å². The van der Waals surface area contributed by atoms with Gasteiger partial charge in [-0.05, 0) is 75.2 Å². The smallest absolute Gasteiger partial charge is 0.373 e. The molecule has 3 heterocycles. The second-order valence-corrected chi connectivity index (χ2v) is 17.6. The van der Waals surface area contributed by atoms with E-state index < -0.39 is 0 Å². The van der Waals surface area contributed by atoms with E-state index in [1.54, 1.807) is 0 Å². The molecule has 5 nitrogen and oxygen atoms in total. The van der Waals surface area contributed by atoms with Crippen molar-refractivity contribution in [3.63, 3.8) is 0 Å². The third kappa shape index (κ3) is 9.40. The molecule has 0 saturated heterocycles. The third-order valence-corrected chi connectivity index (χ3v) is 13.1. The second-order valence-electron chi connectivity index (χ2n) is 17.6. The Bertz CT molecular complexity index is 3350. The molecule has 0 N–H and O–H groups in total. The van der Waals surface area contributed by atoms with Crippen molar-refractivity contribution in [2.75, 3.05) is 0 Å². The van der Waals surface area contributed by atoms with Crippen molar-refractivity contribution >= 4 is 0 Å². The SMILES string of the molecule is Cc1c(-c2ccccc2)cc(-c2[c-]cc(CCc3cc(-c4ccccc4-c4c[c-]c(-c5nccn5C)cc4)cc(-c4ccccc4-c4c[c-]c(-c5nccn5C)cc4)c3)cc2)nc1-c1ccccc1.[Ir+3]. The average Bonchev–Trinajstić information content (AvgIpc) is 4.06. The molecule has 0 spiro atoms. The van der Waals surface area contributed by atoms with Crippen molar-refractivity contribution in [3.8, 4) is 101 Å². The molecule has 70 heavy (non-hydrogen) atoms. The van der Waals surface area contributed by atoms with Crippen LogP contribution < -0.4 is 0 Å². The average molecular weight is 1080 g/mol. The summed E-state index contributed by atoms with van der Waals surface area (Å²) in [6.45, 7) is 2.17. The number of hydrogen-bond donors (Lipinski definition) is 0. The Morgan fingerprint density at radius 2 is 0.886 bits per heavy atom. The van der Waals surface area contributed by atoms with Crippen molar-refractivity contribution in [1.82, 2.24) is 24.1 Å². The number of aryl methyl sites for hydroxylation is 4. The minimum Gasteiger partial charge on any atom is -0.373 e. The maximum atomic E-state index is 5.25. The van der Waals surface area contributed by atoms with Gasteiger partial charge in [0, 0.05) is 38.9 Å². The number of benzene rings is 8. The molecule has 8 aromatic carbocycles. The van der Waals surface area contributed by atoms with Crippen LogP contribution in [0.3, 0.4) is 0 Å². The second kappa shape index (κ2) is 20.3. The minimum atomic E-state index is 0. The molecule has 338 valence electrons. The van der Waals surface area contributed by atoms with Crippen LogP contribution in [0.4, 0.5) is 0 Å². The Labute approximate surface area is 424 Å². The monoisotopic (exact) mass is 1080 g/mol. The van der Waals surface area contributed by atoms with Crippen LogP contribution in [0.25, 0.3) is 101 Å². The van der Waals surface area contributed by atoms with Gasteiger partial charge in [-0.15, -0.1) is 95.1 Å². The van der Waals surface area contributed by atoms with E-state index >= 15 is 0 Å². The van der Waals surface area contributed by atoms with E-state index in [9.17, 15) is 0 Å². The predicted molar refractivity (Wildman–Crippen MR) is 282 cm³/mol. The van der Waals surface area contributed by atoms with Crippen molar-refractivity contribution in [1.29, 1.82) is 0 Å². The standard InChI is InChI=1S/C64H48N5.Ir/c1-44-60(47-14-6-4-7-15-47)43-61(67-62(44)51-16-8-5-9-17-51)50-26-24-45(25-27-50)22-23-46-40-54(58-20-12-10-18-56(58)48-28-32-52(33-29-48)63-65-36-38-68(63)2)42-55(41-46)59-21-13-11-19-57(59)49-30-34-53(35-31-49)64-66-37-39-69(64)3;/h4-21,24-26,28-32,34,36-43H,22-23H2,1-3H3;/q-3;+3. The van der Waals surface area contributed by atoms with E-state index in [-0.39, 0.29) is 20.1 Å². The summed E-state index contributed by atoms with van der Waals surface area (Å²) < 4.78 is 4.04. The molecule has 0 atom stereocenters. The van der Waals surface area contributed by atoms with E-state index in [2.05, 4.69) is 223 Å². The molecule has 11 rings (SSSR count). The Morgan fingerprint density at radius 3 is 1.36 bits per heavy atom. The summed E-state index contributed by atoms with van der Waals surface area (Å²) in [5.41, 5.74) is 21.0. The maximum absolute atomic E-state index is 5.25. The Balaban J connectivity index is 0.00000567. The molecule has 11 aromatic rings. The van der Waals surface area contributed by atoms with Gasteiger partial charge in [0.1, 0.15) is 0 Å². The van der Waals surface area contributed by atoms with Crippen LogP contribution in [0.5, 0.6) is 0 Å². The van der Waals surface area contributed by atoms with E-state index in [1.165, 1.54) is 22.3 Å². The predicted octanol–water partition coefficient (Wildman–Crippen LogP) is 15.0. The topological polar surface area (TPSA) is 48.5 Å². The van der Waals surface area contributed by atoms with Crippen LogP contribution in [0, 0.1) is 25.1 Å². The fourth-order valence-corrected chi connectivity index (χ4v) is 9.44. The van der Waals surface area contributed by atoms with Gasteiger partial charge < -0.3 is 9.13 Å². The zero-order valence-corrected chi connectivity index (χ0v) is 41.6. The molecule has 0 saturated carbocycles. The number of pyridine rings is 1. The van der Waals surface area contributed by atoms with Crippen LogP contribution in [-0.2, 0) is 47.0 Å². The van der Waals surface area contributed by atoms with Crippen molar-refractivity contribution in [2.24, 2.45) is 14.1 Å². The van der Waals surface area contributed by atoms with Gasteiger partial charge in [-0.2, -0.15) is 0 Å². The van der Waals surface area contributed by atoms with Gasteiger partial charge in [0.2, 0.25) is 0 Å². The molecule has 0 fully saturated rings. The summed E-state index contributed by atoms with van der Waals surface area (Å²) in [5, 5.41) is 0. The first-order chi connectivity index (χ1) is 33.9. The van der Waals surface area contributed by atoms with E-state index in [0.717, 1.165) is 108 Å². The van der Waals surface area contributed by atoms with Crippen LogP contribution in [0.2, 0.25) is 0 Å². The van der Waals surface area contributed by atoms with Gasteiger partial charge in [0.05, 0.1) is 17.3 Å². The minimum absolute atomic E-state index is 0. The molecule has 3 aromatic heterocycles. The van der Waals surface area contributed by atoms with Crippen LogP contribution in [0.15, 0.2) is 213 Å². The van der Waals surface area contributed by atoms with Crippen LogP contribution >= 0.6 is 0 Å². The molecule has 0 radical (unpaired) electrons. The van der Waals surface area contributed by atoms with Crippen molar-refractivity contribution in [2.45, 2.75) is 19.8 Å². The maximum Gasteiger partial charge on any atom is 3.00 e. The molecule has 0 bridgehead atoms. The quantitative estimate of drug-likeness (QED) is 0.115. The van der Waals surface area contributed by atoms with Crippen molar-refractivity contribution < 1.29 is 20.1 Å². The molecule has 0 unspecified atom stereocenters. The number of imidazole rings is 2. The molecule has 0 amide bonds. The largest absolute Gasteiger partial charge is 3.00 e. The Hall–Kier alpha value is -8.02. The molecule has 0 aliphatic rings. The van der Waals surface area contributed by atoms with Gasteiger partial charge in [0.25, 0.3) is 0 Å². The van der Waals surface area contributed by atoms with Gasteiger partial charge in [-0.1, -0.05) is 156 Å². The Morgan fingerprint density at radius 1 is 0.414 bits per heavy atom. The normalized spacial score (nSPS) is 11.1. The molecular weight excluding hydrogens is 1030 g/mol. The first-order valence-electron chi connectivity index (χ1n) is 23.4. The van der Waals surface area contributed by atoms with E-state index in [1.807, 2.05) is 48.0 Å². The molecule has 6 heteroatoms. The molecular formula is C64H48IrN5. The van der Waals surface area contributed by atoms with Gasteiger partial charge >= 0.3 is 20.1 Å². The first-order valence-corrected chi connectivity index (χ1v) is 23.4. The number of aromatic nitrogens is 5. The molecule has 0 aliphatic heterocycles. The fraction of sp³-hybridized carbons (Fsp3) is 0.0781. The summed E-state index contributed by atoms with van der Waals surface area (Å²) in [6.07, 6.45) is 9.26. The molecule has 0 aliphatic carbocycles. The van der Waals surface area contributed by atoms with Crippen molar-refractivity contribution in [3.05, 3.63) is 248 Å². The first kappa shape index (κ1) is 45.7. The number of nitrogens with zero attached hydrogens (tertiary/aromatic N) is 5. The van der Waals surface area contributed by atoms with Crippen LogP contribution in [0.1, 0.15) is 16.7 Å². The number of hydrogen-bond acceptors (Lipinski definition) is 3. The zero-order valence-electron chi connectivity index (χ0n) is 39.2. The summed E-state index contributed by atoms with van der Waals surface area (Å²) >= 11 is 0. The van der Waals surface area contributed by atoms with Gasteiger partial charge in [0.15, 0.2) is 0 Å². The third-order valence-electron chi connectivity index (χ3n) is 13.1. The summed E-state index contributed by atoms with van der Waals surface area (Å²) in [4.78, 5) is 14.4. The summed E-state index contributed by atoms with van der Waals surface area (Å²) in [6, 6.07) is 77.8. The van der Waals surface area contributed by atoms with Gasteiger partial charge in [-0.3, -0.25) is 15.0 Å².